The van der Waals surface area contributed by atoms with Crippen LogP contribution in [0.5, 0.6) is 5.75 Å². The monoisotopic (exact) mass is 330 g/mol. The van der Waals surface area contributed by atoms with Crippen molar-refractivity contribution in [3.63, 3.8) is 0 Å². The lowest BCUT2D eigenvalue weighted by molar-refractivity contribution is -0.130. The van der Waals surface area contributed by atoms with Gasteiger partial charge in [0.25, 0.3) is 11.8 Å². The fraction of sp³-hybridized carbons (Fsp3) is 0.353. The Morgan fingerprint density at radius 2 is 1.88 bits per heavy atom. The predicted molar refractivity (Wildman–Crippen MR) is 89.3 cm³/mol. The van der Waals surface area contributed by atoms with Crippen molar-refractivity contribution in [1.82, 2.24) is 20.6 Å². The Morgan fingerprint density at radius 3 is 2.54 bits per heavy atom. The van der Waals surface area contributed by atoms with Gasteiger partial charge in [0.2, 0.25) is 0 Å². The van der Waals surface area contributed by atoms with Crippen LogP contribution in [0.15, 0.2) is 30.3 Å². The molecular formula is C17H22N4O3. The van der Waals surface area contributed by atoms with Gasteiger partial charge in [0, 0.05) is 5.69 Å². The summed E-state index contributed by atoms with van der Waals surface area (Å²) >= 11 is 0. The first kappa shape index (κ1) is 17.5. The van der Waals surface area contributed by atoms with Crippen molar-refractivity contribution in [1.29, 1.82) is 0 Å². The molecule has 1 aromatic heterocycles. The maximum Gasteiger partial charge on any atom is 0.276 e. The number of rotatable bonds is 6. The van der Waals surface area contributed by atoms with Gasteiger partial charge in [0.15, 0.2) is 6.61 Å². The molecule has 0 saturated carbocycles. The van der Waals surface area contributed by atoms with Crippen LogP contribution in [0.2, 0.25) is 0 Å². The smallest absolute Gasteiger partial charge is 0.276 e. The van der Waals surface area contributed by atoms with Crippen LogP contribution in [0, 0.1) is 13.8 Å². The van der Waals surface area contributed by atoms with Crippen molar-refractivity contribution in [3.05, 3.63) is 47.3 Å². The molecule has 0 aliphatic carbocycles. The average molecular weight is 330 g/mol. The molecule has 24 heavy (non-hydrogen) atoms. The predicted octanol–water partition coefficient (Wildman–Crippen LogP) is 1.29. The average Bonchev–Trinajstić information content (AvgIpc) is 2.88. The molecule has 2 rings (SSSR count). The number of hydrogen-bond acceptors (Lipinski definition) is 4. The van der Waals surface area contributed by atoms with E-state index in [1.165, 1.54) is 0 Å². The van der Waals surface area contributed by atoms with Crippen LogP contribution in [0.1, 0.15) is 23.9 Å². The van der Waals surface area contributed by atoms with Crippen LogP contribution >= 0.6 is 0 Å². The second kappa shape index (κ2) is 8.14. The maximum atomic E-state index is 11.8. The minimum atomic E-state index is -0.428. The molecule has 1 heterocycles. The Balaban J connectivity index is 1.76. The summed E-state index contributed by atoms with van der Waals surface area (Å²) in [5.74, 6) is -0.116. The van der Waals surface area contributed by atoms with E-state index in [9.17, 15) is 9.59 Å². The van der Waals surface area contributed by atoms with E-state index in [0.29, 0.717) is 5.75 Å². The summed E-state index contributed by atoms with van der Waals surface area (Å²) < 4.78 is 7.06. The van der Waals surface area contributed by atoms with Gasteiger partial charge < -0.3 is 4.74 Å². The van der Waals surface area contributed by atoms with Crippen LogP contribution in [0.4, 0.5) is 0 Å². The molecule has 0 atom stereocenters. The van der Waals surface area contributed by atoms with Crippen LogP contribution in [0.25, 0.3) is 0 Å². The molecular weight excluding hydrogens is 308 g/mol. The standard InChI is InChI=1S/C17H22N4O3/c1-4-14-7-5-6-8-15(14)24-11-17(23)19-18-16(22)10-21-13(3)9-12(2)20-21/h5-9H,4,10-11H2,1-3H3,(H,18,22)(H,19,23). The Kier molecular flexibility index (Phi) is 5.95. The first-order valence-corrected chi connectivity index (χ1v) is 7.79. The van der Waals surface area contributed by atoms with E-state index in [1.54, 1.807) is 4.68 Å². The number of ether oxygens (including phenoxy) is 1. The third kappa shape index (κ3) is 4.84. The number of nitrogens with one attached hydrogen (secondary N) is 2. The molecule has 0 saturated heterocycles. The topological polar surface area (TPSA) is 85.3 Å². The van der Waals surface area contributed by atoms with Crippen LogP contribution < -0.4 is 15.6 Å². The van der Waals surface area contributed by atoms with E-state index < -0.39 is 5.91 Å². The summed E-state index contributed by atoms with van der Waals surface area (Å²) in [5.41, 5.74) is 7.43. The first-order valence-electron chi connectivity index (χ1n) is 7.79. The van der Waals surface area contributed by atoms with E-state index in [0.717, 1.165) is 23.4 Å². The zero-order valence-corrected chi connectivity index (χ0v) is 14.1. The Labute approximate surface area is 141 Å². The highest BCUT2D eigenvalue weighted by Crippen LogP contribution is 2.17. The number of amides is 2. The van der Waals surface area contributed by atoms with Crippen LogP contribution in [0.3, 0.4) is 0 Å². The van der Waals surface area contributed by atoms with Crippen molar-refractivity contribution in [2.24, 2.45) is 0 Å². The highest BCUT2D eigenvalue weighted by molar-refractivity contribution is 5.82. The molecule has 2 aromatic rings. The highest BCUT2D eigenvalue weighted by Gasteiger charge is 2.09. The molecule has 0 radical (unpaired) electrons. The van der Waals surface area contributed by atoms with Gasteiger partial charge in [0.1, 0.15) is 12.3 Å². The number of carbonyl (C=O) groups excluding carboxylic acids is 2. The molecule has 0 spiro atoms. The fourth-order valence-electron chi connectivity index (χ4n) is 2.27. The molecule has 7 nitrogen and oxygen atoms in total. The Hall–Kier alpha value is -2.83. The number of nitrogens with zero attached hydrogens (tertiary/aromatic N) is 2. The van der Waals surface area contributed by atoms with E-state index in [4.69, 9.17) is 4.74 Å². The fourth-order valence-corrected chi connectivity index (χ4v) is 2.27. The SMILES string of the molecule is CCc1ccccc1OCC(=O)NNC(=O)Cn1nc(C)cc1C. The third-order valence-corrected chi connectivity index (χ3v) is 3.45. The number of aromatic nitrogens is 2. The summed E-state index contributed by atoms with van der Waals surface area (Å²) in [6.07, 6.45) is 0.817. The van der Waals surface area contributed by atoms with Gasteiger partial charge in [-0.15, -0.1) is 0 Å². The lowest BCUT2D eigenvalue weighted by Crippen LogP contribution is -2.45. The summed E-state index contributed by atoms with van der Waals surface area (Å²) in [6, 6.07) is 9.41. The van der Waals surface area contributed by atoms with Gasteiger partial charge in [-0.05, 0) is 38.0 Å². The number of aryl methyl sites for hydroxylation is 3. The van der Waals surface area contributed by atoms with Gasteiger partial charge in [-0.25, -0.2) is 0 Å². The summed E-state index contributed by atoms with van der Waals surface area (Å²) in [6.45, 7) is 5.61. The molecule has 0 fully saturated rings. The van der Waals surface area contributed by atoms with Crippen molar-refractivity contribution >= 4 is 11.8 Å². The van der Waals surface area contributed by atoms with Crippen LogP contribution in [-0.2, 0) is 22.6 Å². The van der Waals surface area contributed by atoms with Crippen LogP contribution in [-0.4, -0.2) is 28.2 Å². The number of carbonyl (C=O) groups is 2. The molecule has 7 heteroatoms. The second-order valence-electron chi connectivity index (χ2n) is 5.43. The molecule has 0 aliphatic heterocycles. The lowest BCUT2D eigenvalue weighted by atomic mass is 10.1. The van der Waals surface area contributed by atoms with E-state index in [2.05, 4.69) is 16.0 Å². The largest absolute Gasteiger partial charge is 0.483 e. The Morgan fingerprint density at radius 1 is 1.17 bits per heavy atom. The summed E-state index contributed by atoms with van der Waals surface area (Å²) in [4.78, 5) is 23.6. The minimum Gasteiger partial charge on any atom is -0.483 e. The number of hydrazine groups is 1. The third-order valence-electron chi connectivity index (χ3n) is 3.45. The van der Waals surface area contributed by atoms with Crippen molar-refractivity contribution in [2.75, 3.05) is 6.61 Å². The normalized spacial score (nSPS) is 10.3. The molecule has 2 amide bonds. The quantitative estimate of drug-likeness (QED) is 0.782. The van der Waals surface area contributed by atoms with Crippen molar-refractivity contribution in [2.45, 2.75) is 33.7 Å². The molecule has 0 unspecified atom stereocenters. The second-order valence-corrected chi connectivity index (χ2v) is 5.43. The van der Waals surface area contributed by atoms with Gasteiger partial charge >= 0.3 is 0 Å². The molecule has 1 aromatic carbocycles. The van der Waals surface area contributed by atoms with Crippen molar-refractivity contribution in [3.8, 4) is 5.75 Å². The van der Waals surface area contributed by atoms with Gasteiger partial charge in [0.05, 0.1) is 5.69 Å². The van der Waals surface area contributed by atoms with E-state index >= 15 is 0 Å². The zero-order valence-electron chi connectivity index (χ0n) is 14.1. The zero-order chi connectivity index (χ0) is 17.5. The maximum absolute atomic E-state index is 11.8. The first-order chi connectivity index (χ1) is 11.5. The number of para-hydroxylation sites is 1. The minimum absolute atomic E-state index is 0.0411. The van der Waals surface area contributed by atoms with Gasteiger partial charge in [-0.2, -0.15) is 5.10 Å². The van der Waals surface area contributed by atoms with E-state index in [-0.39, 0.29) is 19.1 Å². The molecule has 0 aliphatic rings. The molecule has 0 bridgehead atoms. The molecule has 128 valence electrons. The Bertz CT molecular complexity index is 724. The highest BCUT2D eigenvalue weighted by atomic mass is 16.5. The van der Waals surface area contributed by atoms with E-state index in [1.807, 2.05) is 51.1 Å². The molecule has 2 N–H and O–H groups in total. The number of hydrogen-bond donors (Lipinski definition) is 2. The summed E-state index contributed by atoms with van der Waals surface area (Å²) in [5, 5.41) is 4.19. The van der Waals surface area contributed by atoms with Gasteiger partial charge in [-0.1, -0.05) is 25.1 Å². The lowest BCUT2D eigenvalue weighted by Gasteiger charge is -2.11. The summed E-state index contributed by atoms with van der Waals surface area (Å²) in [7, 11) is 0. The van der Waals surface area contributed by atoms with Crippen molar-refractivity contribution < 1.29 is 14.3 Å². The number of benzene rings is 1. The van der Waals surface area contributed by atoms with Gasteiger partial charge in [-0.3, -0.25) is 25.1 Å².